The van der Waals surface area contributed by atoms with Gasteiger partial charge in [-0.25, -0.2) is 0 Å². The molecular formula is C21H18IN. The zero-order valence-electron chi connectivity index (χ0n) is 13.3. The predicted molar refractivity (Wildman–Crippen MR) is 92.8 cm³/mol. The van der Waals surface area contributed by atoms with Crippen molar-refractivity contribution < 1.29 is 28.5 Å². The Hall–Kier alpha value is -1.94. The van der Waals surface area contributed by atoms with Gasteiger partial charge in [0.2, 0.25) is 11.0 Å². The number of hydrogen-bond donors (Lipinski definition) is 0. The average Bonchev–Trinajstić information content (AvgIpc) is 2.55. The Kier molecular flexibility index (Phi) is 4.35. The van der Waals surface area contributed by atoms with Crippen molar-refractivity contribution in [2.24, 2.45) is 7.05 Å². The number of nitrogens with zero attached hydrogens (tertiary/aromatic N) is 1. The molecule has 4 aromatic rings. The summed E-state index contributed by atoms with van der Waals surface area (Å²) in [5.74, 6) is 0. The van der Waals surface area contributed by atoms with E-state index >= 15 is 0 Å². The molecule has 0 N–H and O–H groups in total. The molecule has 0 atom stereocenters. The van der Waals surface area contributed by atoms with E-state index in [1.54, 1.807) is 0 Å². The van der Waals surface area contributed by atoms with Crippen molar-refractivity contribution in [3.63, 3.8) is 0 Å². The molecule has 0 aliphatic rings. The number of benzene rings is 3. The van der Waals surface area contributed by atoms with E-state index in [1.807, 2.05) is 0 Å². The molecule has 0 aliphatic carbocycles. The molecule has 0 saturated carbocycles. The van der Waals surface area contributed by atoms with Crippen LogP contribution < -0.4 is 28.5 Å². The van der Waals surface area contributed by atoms with Crippen LogP contribution in [0.5, 0.6) is 0 Å². The summed E-state index contributed by atoms with van der Waals surface area (Å²) in [6.07, 6.45) is 0. The predicted octanol–water partition coefficient (Wildman–Crippen LogP) is 1.80. The quantitative estimate of drug-likeness (QED) is 0.256. The van der Waals surface area contributed by atoms with Crippen LogP contribution in [0.15, 0.2) is 72.8 Å². The van der Waals surface area contributed by atoms with Crippen LogP contribution in [0.4, 0.5) is 0 Å². The number of fused-ring (bicyclic) bond motifs is 2. The molecule has 0 bridgehead atoms. The molecule has 4 rings (SSSR count). The van der Waals surface area contributed by atoms with Crippen LogP contribution in [0.1, 0.15) is 5.56 Å². The first-order valence-electron chi connectivity index (χ1n) is 7.62. The Bertz CT molecular complexity index is 948. The average molecular weight is 411 g/mol. The van der Waals surface area contributed by atoms with Crippen LogP contribution in [0.2, 0.25) is 0 Å². The summed E-state index contributed by atoms with van der Waals surface area (Å²) in [4.78, 5) is 0. The van der Waals surface area contributed by atoms with Crippen molar-refractivity contribution in [3.8, 4) is 11.1 Å². The molecule has 1 heterocycles. The van der Waals surface area contributed by atoms with E-state index < -0.39 is 0 Å². The van der Waals surface area contributed by atoms with Crippen molar-refractivity contribution in [2.75, 3.05) is 0 Å². The molecule has 0 aliphatic heterocycles. The van der Waals surface area contributed by atoms with E-state index in [9.17, 15) is 0 Å². The monoisotopic (exact) mass is 411 g/mol. The fourth-order valence-corrected chi connectivity index (χ4v) is 3.34. The molecule has 0 amide bonds. The SMILES string of the molecule is Cc1cccc(-c2c3ccccc3[n+](C)c3ccccc23)c1.[I-]. The van der Waals surface area contributed by atoms with Gasteiger partial charge in [-0.2, -0.15) is 4.57 Å². The fourth-order valence-electron chi connectivity index (χ4n) is 3.34. The van der Waals surface area contributed by atoms with Gasteiger partial charge in [-0.15, -0.1) is 0 Å². The molecule has 0 radical (unpaired) electrons. The van der Waals surface area contributed by atoms with Gasteiger partial charge in [-0.3, -0.25) is 0 Å². The smallest absolute Gasteiger partial charge is 0.213 e. The summed E-state index contributed by atoms with van der Waals surface area (Å²) in [6.45, 7) is 2.15. The van der Waals surface area contributed by atoms with E-state index in [1.165, 1.54) is 38.5 Å². The number of hydrogen-bond acceptors (Lipinski definition) is 0. The first-order chi connectivity index (χ1) is 10.8. The highest BCUT2D eigenvalue weighted by molar-refractivity contribution is 6.07. The molecular weight excluding hydrogens is 393 g/mol. The maximum Gasteiger partial charge on any atom is 0.213 e. The van der Waals surface area contributed by atoms with Crippen LogP contribution in [0.25, 0.3) is 32.9 Å². The second-order valence-electron chi connectivity index (χ2n) is 5.84. The number of pyridine rings is 1. The Labute approximate surface area is 153 Å². The summed E-state index contributed by atoms with van der Waals surface area (Å²) >= 11 is 0. The van der Waals surface area contributed by atoms with Gasteiger partial charge >= 0.3 is 0 Å². The van der Waals surface area contributed by atoms with Gasteiger partial charge in [0.15, 0.2) is 0 Å². The molecule has 0 spiro atoms. The second-order valence-corrected chi connectivity index (χ2v) is 5.84. The lowest BCUT2D eigenvalue weighted by atomic mass is 9.95. The van der Waals surface area contributed by atoms with E-state index in [2.05, 4.69) is 91.3 Å². The van der Waals surface area contributed by atoms with E-state index in [-0.39, 0.29) is 24.0 Å². The standard InChI is InChI=1S/C21H18N.HI/c1-15-8-7-9-16(14-15)21-17-10-3-5-12-19(17)22(2)20-13-6-4-11-18(20)21;/h3-14H,1-2H3;1H/q+1;/p-1. The molecule has 0 fully saturated rings. The third-order valence-electron chi connectivity index (χ3n) is 4.38. The Morgan fingerprint density at radius 1 is 0.696 bits per heavy atom. The molecule has 23 heavy (non-hydrogen) atoms. The number of para-hydroxylation sites is 2. The van der Waals surface area contributed by atoms with Gasteiger partial charge in [-0.1, -0.05) is 54.1 Å². The first-order valence-corrected chi connectivity index (χ1v) is 7.62. The van der Waals surface area contributed by atoms with Crippen LogP contribution in [-0.2, 0) is 7.05 Å². The van der Waals surface area contributed by atoms with Crippen LogP contribution in [-0.4, -0.2) is 0 Å². The molecule has 3 aromatic carbocycles. The van der Waals surface area contributed by atoms with E-state index in [0.717, 1.165) is 0 Å². The second kappa shape index (κ2) is 6.28. The van der Waals surface area contributed by atoms with Gasteiger partial charge in [0.05, 0.1) is 10.8 Å². The summed E-state index contributed by atoms with van der Waals surface area (Å²) < 4.78 is 2.28. The third-order valence-corrected chi connectivity index (χ3v) is 4.38. The summed E-state index contributed by atoms with van der Waals surface area (Å²) in [5.41, 5.74) is 6.43. The zero-order chi connectivity index (χ0) is 15.1. The zero-order valence-corrected chi connectivity index (χ0v) is 15.4. The molecule has 1 nitrogen and oxygen atoms in total. The van der Waals surface area contributed by atoms with Crippen molar-refractivity contribution in [1.82, 2.24) is 0 Å². The lowest BCUT2D eigenvalue weighted by Gasteiger charge is -2.11. The first kappa shape index (κ1) is 15.9. The van der Waals surface area contributed by atoms with Crippen molar-refractivity contribution in [1.29, 1.82) is 0 Å². The minimum absolute atomic E-state index is 0. The van der Waals surface area contributed by atoms with Crippen LogP contribution in [0.3, 0.4) is 0 Å². The summed E-state index contributed by atoms with van der Waals surface area (Å²) in [7, 11) is 2.14. The molecule has 2 heteroatoms. The Morgan fingerprint density at radius 3 is 1.83 bits per heavy atom. The van der Waals surface area contributed by atoms with Crippen molar-refractivity contribution in [2.45, 2.75) is 6.92 Å². The van der Waals surface area contributed by atoms with Gasteiger partial charge in [-0.05, 0) is 24.6 Å². The largest absolute Gasteiger partial charge is 1.00 e. The number of aromatic nitrogens is 1. The Balaban J connectivity index is 0.00000156. The topological polar surface area (TPSA) is 3.88 Å². The molecule has 114 valence electrons. The van der Waals surface area contributed by atoms with Gasteiger partial charge in [0.1, 0.15) is 7.05 Å². The fraction of sp³-hybridized carbons (Fsp3) is 0.0952. The normalized spacial score (nSPS) is 10.7. The molecule has 0 saturated heterocycles. The molecule has 0 unspecified atom stereocenters. The lowest BCUT2D eigenvalue weighted by molar-refractivity contribution is -0.617. The number of halogens is 1. The maximum absolute atomic E-state index is 2.28. The van der Waals surface area contributed by atoms with Gasteiger partial charge < -0.3 is 24.0 Å². The van der Waals surface area contributed by atoms with Crippen LogP contribution in [0, 0.1) is 6.92 Å². The lowest BCUT2D eigenvalue weighted by Crippen LogP contribution is -3.00. The summed E-state index contributed by atoms with van der Waals surface area (Å²) in [5, 5.41) is 2.60. The third kappa shape index (κ3) is 2.61. The van der Waals surface area contributed by atoms with E-state index in [4.69, 9.17) is 0 Å². The maximum atomic E-state index is 2.28. The van der Waals surface area contributed by atoms with Crippen molar-refractivity contribution >= 4 is 21.8 Å². The number of rotatable bonds is 1. The van der Waals surface area contributed by atoms with Gasteiger partial charge in [0, 0.05) is 17.7 Å². The highest BCUT2D eigenvalue weighted by Crippen LogP contribution is 2.33. The minimum Gasteiger partial charge on any atom is -1.00 e. The summed E-state index contributed by atoms with van der Waals surface area (Å²) in [6, 6.07) is 26.1. The minimum atomic E-state index is 0. The Morgan fingerprint density at radius 2 is 1.26 bits per heavy atom. The van der Waals surface area contributed by atoms with Gasteiger partial charge in [0.25, 0.3) is 0 Å². The van der Waals surface area contributed by atoms with E-state index in [0.29, 0.717) is 0 Å². The molecule has 1 aromatic heterocycles. The number of aryl methyl sites for hydroxylation is 2. The van der Waals surface area contributed by atoms with Crippen molar-refractivity contribution in [3.05, 3.63) is 78.4 Å². The van der Waals surface area contributed by atoms with Crippen LogP contribution >= 0.6 is 0 Å². The highest BCUT2D eigenvalue weighted by Gasteiger charge is 2.17. The highest BCUT2D eigenvalue weighted by atomic mass is 127.